The minimum atomic E-state index is -3.80. The lowest BCUT2D eigenvalue weighted by atomic mass is 9.97. The molecule has 2 atom stereocenters. The summed E-state index contributed by atoms with van der Waals surface area (Å²) < 4.78 is 21.6. The predicted octanol–water partition coefficient (Wildman–Crippen LogP) is 1.16. The first kappa shape index (κ1) is 16.3. The Balaban J connectivity index is 2.12. The third kappa shape index (κ3) is 3.06. The van der Waals surface area contributed by atoms with Crippen molar-refractivity contribution in [3.8, 4) is 5.75 Å². The van der Waals surface area contributed by atoms with Gasteiger partial charge in [0.25, 0.3) is 0 Å². The van der Waals surface area contributed by atoms with Crippen LogP contribution in [0, 0.1) is 0 Å². The number of benzene rings is 1. The van der Waals surface area contributed by atoms with Gasteiger partial charge in [0.1, 0.15) is 11.9 Å². The number of phenolic OH excluding ortho intramolecular Hbond substituents is 1. The number of hydrogen-bond acceptors (Lipinski definition) is 6. The molecule has 0 aliphatic carbocycles. The van der Waals surface area contributed by atoms with Crippen molar-refractivity contribution in [2.75, 3.05) is 6.26 Å². The number of sulfone groups is 1. The van der Waals surface area contributed by atoms with Crippen molar-refractivity contribution in [3.05, 3.63) is 29.8 Å². The van der Waals surface area contributed by atoms with Crippen LogP contribution in [0.4, 0.5) is 0 Å². The first-order chi connectivity index (χ1) is 10.1. The van der Waals surface area contributed by atoms with E-state index in [1.54, 1.807) is 12.1 Å². The number of carbonyl (C=O) groups is 1. The zero-order valence-corrected chi connectivity index (χ0v) is 13.0. The molecule has 0 saturated heterocycles. The lowest BCUT2D eigenvalue weighted by molar-refractivity contribution is -0.140. The summed E-state index contributed by atoms with van der Waals surface area (Å²) in [6.07, 6.45) is 0.396. The molecule has 0 aromatic heterocycles. The highest BCUT2D eigenvalue weighted by atomic mass is 32.2. The Morgan fingerprint density at radius 1 is 1.41 bits per heavy atom. The van der Waals surface area contributed by atoms with Gasteiger partial charge in [0.2, 0.25) is 0 Å². The predicted molar refractivity (Wildman–Crippen MR) is 79.6 cm³/mol. The first-order valence-corrected chi connectivity index (χ1v) is 8.48. The second-order valence-electron chi connectivity index (χ2n) is 5.53. The Morgan fingerprint density at radius 2 is 2.00 bits per heavy atom. The minimum Gasteiger partial charge on any atom is -0.508 e. The number of phenols is 1. The molecule has 1 heterocycles. The molecule has 1 aromatic rings. The Bertz CT molecular complexity index is 709. The number of oxime groups is 1. The van der Waals surface area contributed by atoms with Gasteiger partial charge in [0.15, 0.2) is 14.6 Å². The third-order valence-electron chi connectivity index (χ3n) is 3.82. The van der Waals surface area contributed by atoms with Crippen molar-refractivity contribution >= 4 is 21.5 Å². The normalized spacial score (nSPS) is 20.8. The van der Waals surface area contributed by atoms with E-state index in [-0.39, 0.29) is 12.2 Å². The Hall–Kier alpha value is -2.09. The van der Waals surface area contributed by atoms with Gasteiger partial charge in [-0.25, -0.2) is 8.42 Å². The molecule has 0 fully saturated rings. The van der Waals surface area contributed by atoms with Crippen LogP contribution in [-0.4, -0.2) is 47.4 Å². The lowest BCUT2D eigenvalue weighted by Gasteiger charge is -2.24. The first-order valence-electron chi connectivity index (χ1n) is 6.58. The number of carboxylic acid groups (broad SMARTS) is 1. The Kier molecular flexibility index (Phi) is 4.15. The molecule has 0 amide bonds. The number of nitrogens with zero attached hydrogens (tertiary/aromatic N) is 1. The van der Waals surface area contributed by atoms with Crippen LogP contribution in [0.25, 0.3) is 0 Å². The van der Waals surface area contributed by atoms with E-state index in [1.807, 2.05) is 0 Å². The van der Waals surface area contributed by atoms with Crippen LogP contribution in [0.1, 0.15) is 25.3 Å². The van der Waals surface area contributed by atoms with Gasteiger partial charge in [0, 0.05) is 19.1 Å². The summed E-state index contributed by atoms with van der Waals surface area (Å²) in [6, 6.07) is 6.33. The molecule has 22 heavy (non-hydrogen) atoms. The summed E-state index contributed by atoms with van der Waals surface area (Å²) in [6.45, 7) is 1.17. The second-order valence-corrected chi connectivity index (χ2v) is 7.97. The van der Waals surface area contributed by atoms with Crippen LogP contribution in [-0.2, 0) is 19.5 Å². The second kappa shape index (κ2) is 5.60. The number of carboxylic acids is 1. The number of hydrogen-bond donors (Lipinski definition) is 2. The largest absolute Gasteiger partial charge is 0.508 e. The molecule has 0 saturated carbocycles. The van der Waals surface area contributed by atoms with Gasteiger partial charge in [-0.2, -0.15) is 0 Å². The molecule has 1 aliphatic heterocycles. The summed E-state index contributed by atoms with van der Waals surface area (Å²) >= 11 is 0. The average Bonchev–Trinajstić information content (AvgIpc) is 2.86. The Labute approximate surface area is 128 Å². The topological polar surface area (TPSA) is 113 Å². The molecule has 2 N–H and O–H groups in total. The Morgan fingerprint density at radius 3 is 2.50 bits per heavy atom. The standard InChI is InChI=1S/C14H17NO6S/c1-14(13(17)18,22(2,19)20)8-11-7-12(15-21-11)9-3-5-10(16)6-4-9/h3-6,11,16H,7-8H2,1-2H3,(H,17,18). The van der Waals surface area contributed by atoms with Gasteiger partial charge in [-0.3, -0.25) is 4.79 Å². The molecule has 1 aromatic carbocycles. The maximum Gasteiger partial charge on any atom is 0.324 e. The zero-order valence-electron chi connectivity index (χ0n) is 12.2. The summed E-state index contributed by atoms with van der Waals surface area (Å²) in [5.41, 5.74) is 1.32. The molecule has 0 spiro atoms. The van der Waals surface area contributed by atoms with E-state index in [0.29, 0.717) is 12.1 Å². The van der Waals surface area contributed by atoms with Crippen molar-refractivity contribution in [3.63, 3.8) is 0 Å². The van der Waals surface area contributed by atoms with E-state index in [9.17, 15) is 23.4 Å². The molecule has 0 bridgehead atoms. The fourth-order valence-electron chi connectivity index (χ4n) is 2.19. The maximum absolute atomic E-state index is 11.8. The van der Waals surface area contributed by atoms with Gasteiger partial charge >= 0.3 is 5.97 Å². The molecule has 1 aliphatic rings. The van der Waals surface area contributed by atoms with Crippen molar-refractivity contribution in [1.29, 1.82) is 0 Å². The summed E-state index contributed by atoms with van der Waals surface area (Å²) in [5.74, 6) is -1.29. The SMILES string of the molecule is CC(CC1CC(c2ccc(O)cc2)=NO1)(C(=O)O)S(C)(=O)=O. The molecule has 2 unspecified atom stereocenters. The van der Waals surface area contributed by atoms with Crippen LogP contribution in [0.3, 0.4) is 0 Å². The molecular formula is C14H17NO6S. The van der Waals surface area contributed by atoms with Gasteiger partial charge in [-0.05, 0) is 36.8 Å². The van der Waals surface area contributed by atoms with Crippen LogP contribution >= 0.6 is 0 Å². The van der Waals surface area contributed by atoms with Crippen molar-refractivity contribution in [2.24, 2.45) is 5.16 Å². The van der Waals surface area contributed by atoms with E-state index in [1.165, 1.54) is 19.1 Å². The maximum atomic E-state index is 11.8. The van der Waals surface area contributed by atoms with E-state index in [4.69, 9.17) is 4.84 Å². The number of aliphatic carboxylic acids is 1. The monoisotopic (exact) mass is 327 g/mol. The molecule has 2 rings (SSSR count). The summed E-state index contributed by atoms with van der Waals surface area (Å²) in [5, 5.41) is 22.4. The van der Waals surface area contributed by atoms with Crippen LogP contribution in [0.15, 0.2) is 29.4 Å². The fourth-order valence-corrected chi connectivity index (χ4v) is 3.00. The van der Waals surface area contributed by atoms with Crippen molar-refractivity contribution in [2.45, 2.75) is 30.6 Å². The summed E-state index contributed by atoms with van der Waals surface area (Å²) in [7, 11) is -3.80. The number of aromatic hydroxyl groups is 1. The average molecular weight is 327 g/mol. The van der Waals surface area contributed by atoms with Crippen LogP contribution < -0.4 is 0 Å². The van der Waals surface area contributed by atoms with Crippen molar-refractivity contribution in [1.82, 2.24) is 0 Å². The van der Waals surface area contributed by atoms with Crippen LogP contribution in [0.2, 0.25) is 0 Å². The molecule has 0 radical (unpaired) electrons. The quantitative estimate of drug-likeness (QED) is 0.839. The molecule has 8 heteroatoms. The van der Waals surface area contributed by atoms with E-state index < -0.39 is 26.7 Å². The third-order valence-corrected chi connectivity index (χ3v) is 5.80. The minimum absolute atomic E-state index is 0.121. The van der Waals surface area contributed by atoms with E-state index in [2.05, 4.69) is 5.16 Å². The van der Waals surface area contributed by atoms with Crippen LogP contribution in [0.5, 0.6) is 5.75 Å². The van der Waals surface area contributed by atoms with Gasteiger partial charge in [-0.1, -0.05) is 5.16 Å². The number of rotatable bonds is 5. The lowest BCUT2D eigenvalue weighted by Crippen LogP contribution is -2.45. The molecule has 120 valence electrons. The van der Waals surface area contributed by atoms with Gasteiger partial charge in [-0.15, -0.1) is 0 Å². The van der Waals surface area contributed by atoms with Gasteiger partial charge in [0.05, 0.1) is 5.71 Å². The smallest absolute Gasteiger partial charge is 0.324 e. The van der Waals surface area contributed by atoms with Crippen molar-refractivity contribution < 1.29 is 28.3 Å². The molecular weight excluding hydrogens is 310 g/mol. The highest BCUT2D eigenvalue weighted by Gasteiger charge is 2.47. The van der Waals surface area contributed by atoms with E-state index in [0.717, 1.165) is 11.8 Å². The molecule has 7 nitrogen and oxygen atoms in total. The zero-order chi connectivity index (χ0) is 16.5. The fraction of sp³-hybridized carbons (Fsp3) is 0.429. The highest BCUT2D eigenvalue weighted by Crippen LogP contribution is 2.29. The van der Waals surface area contributed by atoms with Gasteiger partial charge < -0.3 is 15.1 Å². The van der Waals surface area contributed by atoms with E-state index >= 15 is 0 Å². The highest BCUT2D eigenvalue weighted by molar-refractivity contribution is 7.92. The summed E-state index contributed by atoms with van der Waals surface area (Å²) in [4.78, 5) is 16.5.